The highest BCUT2D eigenvalue weighted by molar-refractivity contribution is 7.51. The maximum Gasteiger partial charge on any atom is 0.345 e. The third kappa shape index (κ3) is 5.95. The second kappa shape index (κ2) is 10.5. The van der Waals surface area contributed by atoms with Crippen LogP contribution in [0.1, 0.15) is 13.8 Å². The van der Waals surface area contributed by atoms with Gasteiger partial charge in [0, 0.05) is 17.8 Å². The summed E-state index contributed by atoms with van der Waals surface area (Å²) in [5, 5.41) is 5.63. The number of ether oxygens (including phenoxy) is 4. The van der Waals surface area contributed by atoms with Gasteiger partial charge in [0.25, 0.3) is 5.91 Å². The van der Waals surface area contributed by atoms with E-state index in [1.807, 2.05) is 0 Å². The molecule has 3 aromatic rings. The molecule has 0 unspecified atom stereocenters. The van der Waals surface area contributed by atoms with Crippen molar-refractivity contribution in [2.75, 3.05) is 43.1 Å². The van der Waals surface area contributed by atoms with Crippen molar-refractivity contribution in [3.05, 3.63) is 36.3 Å². The Hall–Kier alpha value is -4.20. The van der Waals surface area contributed by atoms with E-state index in [4.69, 9.17) is 18.9 Å². The van der Waals surface area contributed by atoms with E-state index in [9.17, 15) is 23.5 Å². The number of aromatic nitrogens is 3. The minimum atomic E-state index is -4.66. The monoisotopic (exact) mass is 564 g/mol. The van der Waals surface area contributed by atoms with Crippen LogP contribution in [-0.4, -0.2) is 63.9 Å². The summed E-state index contributed by atoms with van der Waals surface area (Å²) >= 11 is 0. The average Bonchev–Trinajstić information content (AvgIpc) is 2.87. The third-order valence-corrected chi connectivity index (χ3v) is 6.11. The SMILES string of the molecule is COc1cc(Nc2ncc(F)c(Nc3ccc4c(n3)N(CP(=O)(O)O)C(=O)C(C)(C)O4)n2)cc(OC)c1OC. The number of nitrogens with zero attached hydrogens (tertiary/aromatic N) is 4. The van der Waals surface area contributed by atoms with Crippen LogP contribution in [0.15, 0.2) is 30.5 Å². The van der Waals surface area contributed by atoms with Crippen molar-refractivity contribution < 1.29 is 42.5 Å². The third-order valence-electron chi connectivity index (χ3n) is 5.46. The topological polar surface area (TPSA) is 177 Å². The molecule has 0 saturated carbocycles. The molecule has 0 fully saturated rings. The molecule has 1 amide bonds. The normalized spacial score (nSPS) is 14.3. The van der Waals surface area contributed by atoms with Crippen molar-refractivity contribution in [3.63, 3.8) is 0 Å². The number of halogens is 1. The Bertz CT molecular complexity index is 1440. The molecule has 208 valence electrons. The summed E-state index contributed by atoms with van der Waals surface area (Å²) in [6.45, 7) is 2.94. The van der Waals surface area contributed by atoms with E-state index < -0.39 is 31.2 Å². The Morgan fingerprint density at radius 2 is 1.74 bits per heavy atom. The molecule has 1 aliphatic rings. The van der Waals surface area contributed by atoms with E-state index in [1.165, 1.54) is 47.3 Å². The first kappa shape index (κ1) is 27.8. The Balaban J connectivity index is 1.64. The Morgan fingerprint density at radius 1 is 1.08 bits per heavy atom. The molecule has 4 N–H and O–H groups in total. The molecular weight excluding hydrogens is 538 g/mol. The van der Waals surface area contributed by atoms with Crippen LogP contribution in [0.2, 0.25) is 0 Å². The maximum absolute atomic E-state index is 14.6. The van der Waals surface area contributed by atoms with E-state index in [1.54, 1.807) is 12.1 Å². The molecule has 0 radical (unpaired) electrons. The van der Waals surface area contributed by atoms with Gasteiger partial charge in [0.15, 0.2) is 40.3 Å². The Kier molecular flexibility index (Phi) is 7.50. The number of nitrogens with one attached hydrogen (secondary N) is 2. The lowest BCUT2D eigenvalue weighted by Gasteiger charge is -2.37. The lowest BCUT2D eigenvalue weighted by Crippen LogP contribution is -2.53. The van der Waals surface area contributed by atoms with Crippen LogP contribution < -0.4 is 34.5 Å². The van der Waals surface area contributed by atoms with Crippen molar-refractivity contribution in [3.8, 4) is 23.0 Å². The first-order valence-corrected chi connectivity index (χ1v) is 13.1. The quantitative estimate of drug-likeness (QED) is 0.279. The van der Waals surface area contributed by atoms with Crippen LogP contribution in [-0.2, 0) is 9.36 Å². The predicted molar refractivity (Wildman–Crippen MR) is 138 cm³/mol. The van der Waals surface area contributed by atoms with Crippen molar-refractivity contribution in [2.45, 2.75) is 19.4 Å². The number of anilines is 5. The molecule has 0 aliphatic carbocycles. The summed E-state index contributed by atoms with van der Waals surface area (Å²) in [6.07, 6.45) is 0.0239. The maximum atomic E-state index is 14.6. The molecule has 3 heterocycles. The van der Waals surface area contributed by atoms with E-state index in [2.05, 4.69) is 25.6 Å². The lowest BCUT2D eigenvalue weighted by atomic mass is 10.1. The second-order valence-corrected chi connectivity index (χ2v) is 10.3. The number of hydrogen-bond donors (Lipinski definition) is 4. The molecular formula is C23H26FN6O8P. The van der Waals surface area contributed by atoms with Crippen LogP contribution in [0.25, 0.3) is 0 Å². The number of amides is 1. The van der Waals surface area contributed by atoms with Gasteiger partial charge in [-0.2, -0.15) is 4.98 Å². The number of pyridine rings is 1. The first-order valence-electron chi connectivity index (χ1n) is 11.3. The minimum absolute atomic E-state index is 0.00881. The van der Waals surface area contributed by atoms with Gasteiger partial charge in [-0.1, -0.05) is 0 Å². The Labute approximate surface area is 222 Å². The first-order chi connectivity index (χ1) is 18.3. The minimum Gasteiger partial charge on any atom is -0.493 e. The smallest absolute Gasteiger partial charge is 0.345 e. The van der Waals surface area contributed by atoms with Crippen LogP contribution in [0.4, 0.5) is 33.5 Å². The summed E-state index contributed by atoms with van der Waals surface area (Å²) in [6, 6.07) is 6.11. The van der Waals surface area contributed by atoms with Gasteiger partial charge in [-0.05, 0) is 26.0 Å². The van der Waals surface area contributed by atoms with Crippen LogP contribution in [0.5, 0.6) is 23.0 Å². The van der Waals surface area contributed by atoms with Crippen LogP contribution >= 0.6 is 7.60 Å². The number of carbonyl (C=O) groups is 1. The molecule has 0 atom stereocenters. The van der Waals surface area contributed by atoms with Crippen molar-refractivity contribution in [2.24, 2.45) is 0 Å². The van der Waals surface area contributed by atoms with Gasteiger partial charge in [0.1, 0.15) is 12.1 Å². The summed E-state index contributed by atoms with van der Waals surface area (Å²) in [5.74, 6) is -0.646. The van der Waals surface area contributed by atoms with Crippen molar-refractivity contribution >= 4 is 42.6 Å². The average molecular weight is 564 g/mol. The van der Waals surface area contributed by atoms with Crippen LogP contribution in [0, 0.1) is 5.82 Å². The van der Waals surface area contributed by atoms with Crippen molar-refractivity contribution in [1.29, 1.82) is 0 Å². The number of hydrogen-bond acceptors (Lipinski definition) is 11. The molecule has 4 rings (SSSR count). The van der Waals surface area contributed by atoms with E-state index in [0.717, 1.165) is 11.1 Å². The van der Waals surface area contributed by atoms with Gasteiger partial charge in [0.05, 0.1) is 27.5 Å². The van der Waals surface area contributed by atoms with Gasteiger partial charge < -0.3 is 39.4 Å². The molecule has 14 nitrogen and oxygen atoms in total. The summed E-state index contributed by atoms with van der Waals surface area (Å²) < 4.78 is 48.0. The largest absolute Gasteiger partial charge is 0.493 e. The molecule has 2 aromatic heterocycles. The van der Waals surface area contributed by atoms with E-state index in [-0.39, 0.29) is 29.2 Å². The predicted octanol–water partition coefficient (Wildman–Crippen LogP) is 3.16. The molecule has 1 aromatic carbocycles. The van der Waals surface area contributed by atoms with E-state index in [0.29, 0.717) is 22.9 Å². The summed E-state index contributed by atoms with van der Waals surface area (Å²) in [7, 11) is -0.262. The highest BCUT2D eigenvalue weighted by Gasteiger charge is 2.44. The van der Waals surface area contributed by atoms with Crippen molar-refractivity contribution in [1.82, 2.24) is 15.0 Å². The molecule has 0 bridgehead atoms. The zero-order valence-electron chi connectivity index (χ0n) is 21.6. The number of methoxy groups -OCH3 is 3. The zero-order valence-corrected chi connectivity index (χ0v) is 22.4. The number of carbonyl (C=O) groups excluding carboxylic acids is 1. The van der Waals surface area contributed by atoms with E-state index >= 15 is 0 Å². The van der Waals surface area contributed by atoms with Gasteiger partial charge >= 0.3 is 7.60 Å². The highest BCUT2D eigenvalue weighted by atomic mass is 31.2. The highest BCUT2D eigenvalue weighted by Crippen LogP contribution is 2.44. The van der Waals surface area contributed by atoms with Gasteiger partial charge in [0.2, 0.25) is 11.7 Å². The molecule has 16 heteroatoms. The lowest BCUT2D eigenvalue weighted by molar-refractivity contribution is -0.132. The Morgan fingerprint density at radius 3 is 2.33 bits per heavy atom. The fourth-order valence-electron chi connectivity index (χ4n) is 3.75. The standard InChI is InChI=1S/C23H26FN6O8P/c1-23(2)21(31)30(11-39(32,33)34)20-14(38-23)6-7-17(28-20)27-19-13(24)10-25-22(29-19)26-12-8-15(35-3)18(37-5)16(9-12)36-4/h6-10H,11H2,1-5H3,(H2,32,33,34)(H2,25,26,27,28,29). The van der Waals surface area contributed by atoms with Gasteiger partial charge in [-0.15, -0.1) is 0 Å². The number of fused-ring (bicyclic) bond motifs is 1. The number of rotatable bonds is 9. The molecule has 0 saturated heterocycles. The second-order valence-electron chi connectivity index (χ2n) is 8.72. The van der Waals surface area contributed by atoms with Gasteiger partial charge in [-0.25, -0.2) is 14.4 Å². The summed E-state index contributed by atoms with van der Waals surface area (Å²) in [4.78, 5) is 45.0. The number of benzene rings is 1. The molecule has 39 heavy (non-hydrogen) atoms. The van der Waals surface area contributed by atoms with Gasteiger partial charge in [-0.3, -0.25) is 14.3 Å². The molecule has 0 spiro atoms. The zero-order chi connectivity index (χ0) is 28.5. The molecule has 1 aliphatic heterocycles. The fraction of sp³-hybridized carbons (Fsp3) is 0.304. The van der Waals surface area contributed by atoms with Crippen LogP contribution in [0.3, 0.4) is 0 Å². The fourth-order valence-corrected chi connectivity index (χ4v) is 4.38. The summed E-state index contributed by atoms with van der Waals surface area (Å²) in [5.41, 5.74) is -0.925.